The van der Waals surface area contributed by atoms with Crippen LogP contribution < -0.4 is 10.0 Å². The molecule has 0 saturated carbocycles. The zero-order valence-electron chi connectivity index (χ0n) is 30.5. The maximum atomic E-state index is 14.2. The van der Waals surface area contributed by atoms with E-state index in [1.807, 2.05) is 42.5 Å². The summed E-state index contributed by atoms with van der Waals surface area (Å²) in [6, 6.07) is 13.8. The summed E-state index contributed by atoms with van der Waals surface area (Å²) in [6.07, 6.45) is -1.19. The summed E-state index contributed by atoms with van der Waals surface area (Å²) in [7, 11) is 0. The van der Waals surface area contributed by atoms with Crippen molar-refractivity contribution in [3.63, 3.8) is 0 Å². The summed E-state index contributed by atoms with van der Waals surface area (Å²) >= 11 is 1.01. The minimum atomic E-state index is -4.61. The topological polar surface area (TPSA) is 132 Å². The molecule has 0 unspecified atom stereocenters. The third-order valence-electron chi connectivity index (χ3n) is 9.44. The van der Waals surface area contributed by atoms with E-state index >= 15 is 0 Å². The molecule has 2 aromatic carbocycles. The van der Waals surface area contributed by atoms with Gasteiger partial charge in [-0.05, 0) is 61.6 Å². The average Bonchev–Trinajstić information content (AvgIpc) is 3.77. The number of rotatable bonds is 13. The summed E-state index contributed by atoms with van der Waals surface area (Å²) in [5.41, 5.74) is 2.92. The number of morpholine rings is 1. The van der Waals surface area contributed by atoms with Gasteiger partial charge in [0.2, 0.25) is 11.7 Å². The Balaban J connectivity index is 1.40. The van der Waals surface area contributed by atoms with Crippen molar-refractivity contribution in [1.29, 1.82) is 0 Å². The van der Waals surface area contributed by atoms with Crippen molar-refractivity contribution >= 4 is 23.7 Å². The smallest absolute Gasteiger partial charge is 0.378 e. The number of unbranched alkanes of at least 4 members (excludes halogenated alkanes) is 1. The molecule has 4 heterocycles. The molecule has 6 rings (SSSR count). The van der Waals surface area contributed by atoms with E-state index in [9.17, 15) is 28.0 Å². The molecule has 1 N–H and O–H groups in total. The van der Waals surface area contributed by atoms with Crippen LogP contribution in [0.1, 0.15) is 65.0 Å². The Kier molecular flexibility index (Phi) is 11.9. The number of amides is 1. The molecule has 0 atom stereocenters. The molecule has 0 aliphatic carbocycles. The van der Waals surface area contributed by atoms with Gasteiger partial charge in [-0.1, -0.05) is 54.9 Å². The number of halogens is 3. The van der Waals surface area contributed by atoms with Crippen molar-refractivity contribution < 1.29 is 32.4 Å². The SMILES string of the molecule is CCCCc1nc(C)c(CC(=O)N2CCOCC2)c(=O)n1Cc1ccc(-c2ccccc2SN(O)c2noc(C)c2C)c(Cn2ccc(C(F)(F)F)n2)c1. The maximum Gasteiger partial charge on any atom is 0.435 e. The first kappa shape index (κ1) is 38.8. The second kappa shape index (κ2) is 16.6. The van der Waals surface area contributed by atoms with E-state index in [1.54, 1.807) is 30.2 Å². The fraction of sp³-hybridized carbons (Fsp3) is 0.395. The van der Waals surface area contributed by atoms with Crippen molar-refractivity contribution in [2.45, 2.75) is 77.5 Å². The number of aromatic nitrogens is 5. The molecule has 16 heteroatoms. The summed E-state index contributed by atoms with van der Waals surface area (Å²) in [6.45, 7) is 9.23. The van der Waals surface area contributed by atoms with Crippen molar-refractivity contribution in [3.8, 4) is 11.1 Å². The van der Waals surface area contributed by atoms with E-state index in [2.05, 4.69) is 17.2 Å². The van der Waals surface area contributed by atoms with Crippen molar-refractivity contribution in [2.75, 3.05) is 30.8 Å². The van der Waals surface area contributed by atoms with Crippen LogP contribution in [0, 0.1) is 20.8 Å². The van der Waals surface area contributed by atoms with Gasteiger partial charge in [0, 0.05) is 59.4 Å². The van der Waals surface area contributed by atoms with Crippen molar-refractivity contribution in [2.24, 2.45) is 0 Å². The maximum absolute atomic E-state index is 14.2. The number of benzene rings is 2. The monoisotopic (exact) mass is 765 g/mol. The number of aryl methyl sites for hydroxylation is 3. The predicted octanol–water partition coefficient (Wildman–Crippen LogP) is 6.78. The molecule has 1 aliphatic rings. The molecule has 0 radical (unpaired) electrons. The van der Waals surface area contributed by atoms with Gasteiger partial charge in [0.05, 0.1) is 32.7 Å². The number of ether oxygens (including phenoxy) is 1. The minimum Gasteiger partial charge on any atom is -0.378 e. The van der Waals surface area contributed by atoms with Crippen LogP contribution in [0.5, 0.6) is 0 Å². The Labute approximate surface area is 314 Å². The highest BCUT2D eigenvalue weighted by Crippen LogP contribution is 2.38. The van der Waals surface area contributed by atoms with Crippen molar-refractivity contribution in [3.05, 3.63) is 110 Å². The molecule has 5 aromatic rings. The highest BCUT2D eigenvalue weighted by Gasteiger charge is 2.33. The van der Waals surface area contributed by atoms with Gasteiger partial charge in [0.1, 0.15) is 11.6 Å². The Bertz CT molecular complexity index is 2170. The van der Waals surface area contributed by atoms with E-state index in [4.69, 9.17) is 14.2 Å². The second-order valence-corrected chi connectivity index (χ2v) is 14.2. The van der Waals surface area contributed by atoms with E-state index in [-0.39, 0.29) is 36.8 Å². The largest absolute Gasteiger partial charge is 0.435 e. The Morgan fingerprint density at radius 2 is 1.80 bits per heavy atom. The van der Waals surface area contributed by atoms with Gasteiger partial charge in [0.15, 0.2) is 5.69 Å². The lowest BCUT2D eigenvalue weighted by atomic mass is 9.97. The molecule has 1 amide bonds. The molecular weight excluding hydrogens is 724 g/mol. The molecule has 0 bridgehead atoms. The van der Waals surface area contributed by atoms with Gasteiger partial charge >= 0.3 is 6.18 Å². The Hall–Kier alpha value is -4.93. The van der Waals surface area contributed by atoms with Crippen molar-refractivity contribution in [1.82, 2.24) is 29.4 Å². The molecular formula is C38H42F3N7O5S. The molecule has 1 saturated heterocycles. The first-order valence-electron chi connectivity index (χ1n) is 17.7. The number of nitrogens with zero attached hydrogens (tertiary/aromatic N) is 7. The Morgan fingerprint density at radius 3 is 2.48 bits per heavy atom. The van der Waals surface area contributed by atoms with Crippen LogP contribution in [0.25, 0.3) is 11.1 Å². The lowest BCUT2D eigenvalue weighted by Crippen LogP contribution is -2.42. The van der Waals surface area contributed by atoms with Crippen LogP contribution in [-0.2, 0) is 41.6 Å². The molecule has 1 aliphatic heterocycles. The predicted molar refractivity (Wildman–Crippen MR) is 196 cm³/mol. The molecule has 54 heavy (non-hydrogen) atoms. The standard InChI is InChI=1S/C38H42F3N7O5S/c1-5-6-11-34-42-25(3)31(21-35(49)45-16-18-52-19-17-45)37(50)47(34)22-27-12-13-29(28(20-27)23-46-15-14-33(43-46)38(39,40)41)30-9-7-8-10-32(30)54-48(51)36-24(2)26(4)53-44-36/h7-10,12-15,20,51H,5-6,11,16-19,21-23H2,1-4H3. The van der Waals surface area contributed by atoms with Gasteiger partial charge in [-0.2, -0.15) is 22.7 Å². The summed E-state index contributed by atoms with van der Waals surface area (Å²) in [4.78, 5) is 34.6. The van der Waals surface area contributed by atoms with Crippen LogP contribution in [0.15, 0.2) is 68.9 Å². The molecule has 1 fully saturated rings. The number of alkyl halides is 3. The lowest BCUT2D eigenvalue weighted by molar-refractivity contribution is -0.141. The zero-order chi connectivity index (χ0) is 38.6. The normalized spacial score (nSPS) is 13.4. The van der Waals surface area contributed by atoms with Crippen LogP contribution >= 0.6 is 11.9 Å². The number of carbonyl (C=O) groups excluding carboxylic acids is 1. The van der Waals surface area contributed by atoms with Crippen LogP contribution in [0.4, 0.5) is 19.0 Å². The summed E-state index contributed by atoms with van der Waals surface area (Å²) < 4.78 is 55.0. The number of hydrogen-bond acceptors (Lipinski definition) is 10. The van der Waals surface area contributed by atoms with Gasteiger partial charge in [-0.3, -0.25) is 24.0 Å². The first-order chi connectivity index (χ1) is 25.8. The van der Waals surface area contributed by atoms with Crippen LogP contribution in [0.3, 0.4) is 0 Å². The van der Waals surface area contributed by atoms with Gasteiger partial charge in [-0.25, -0.2) is 4.98 Å². The van der Waals surface area contributed by atoms with E-state index in [0.717, 1.165) is 35.3 Å². The minimum absolute atomic E-state index is 0.0221. The number of hydrogen-bond donors (Lipinski definition) is 1. The highest BCUT2D eigenvalue weighted by atomic mass is 32.2. The highest BCUT2D eigenvalue weighted by molar-refractivity contribution is 8.00. The van der Waals surface area contributed by atoms with Gasteiger partial charge in [-0.15, -0.1) is 0 Å². The third-order valence-corrected chi connectivity index (χ3v) is 10.3. The lowest BCUT2D eigenvalue weighted by Gasteiger charge is -2.27. The fourth-order valence-electron chi connectivity index (χ4n) is 6.31. The third kappa shape index (κ3) is 8.71. The van der Waals surface area contributed by atoms with E-state index < -0.39 is 11.9 Å². The Morgan fingerprint density at radius 1 is 1.04 bits per heavy atom. The van der Waals surface area contributed by atoms with E-state index in [0.29, 0.717) is 88.3 Å². The fourth-order valence-corrected chi connectivity index (χ4v) is 7.17. The van der Waals surface area contributed by atoms with E-state index in [1.165, 1.54) is 10.9 Å². The molecule has 3 aromatic heterocycles. The average molecular weight is 766 g/mol. The first-order valence-corrected chi connectivity index (χ1v) is 18.5. The molecule has 286 valence electrons. The molecule has 0 spiro atoms. The van der Waals surface area contributed by atoms with Gasteiger partial charge < -0.3 is 14.2 Å². The quantitative estimate of drug-likeness (QED) is 0.101. The summed E-state index contributed by atoms with van der Waals surface area (Å²) in [5.74, 6) is 1.23. The second-order valence-electron chi connectivity index (χ2n) is 13.2. The summed E-state index contributed by atoms with van der Waals surface area (Å²) in [5, 5.41) is 18.8. The molecule has 12 nitrogen and oxygen atoms in total. The van der Waals surface area contributed by atoms with Gasteiger partial charge in [0.25, 0.3) is 5.56 Å². The number of anilines is 1. The van der Waals surface area contributed by atoms with Crippen LogP contribution in [0.2, 0.25) is 0 Å². The zero-order valence-corrected chi connectivity index (χ0v) is 31.3. The van der Waals surface area contributed by atoms with Crippen LogP contribution in [-0.4, -0.2) is 66.8 Å². The number of carbonyl (C=O) groups is 1.